The topological polar surface area (TPSA) is 43.3 Å². The van der Waals surface area contributed by atoms with Crippen molar-refractivity contribution in [3.8, 4) is 0 Å². The Hall–Kier alpha value is 0.920. The summed E-state index contributed by atoms with van der Waals surface area (Å²) in [5.41, 5.74) is 0. The summed E-state index contributed by atoms with van der Waals surface area (Å²) in [5.74, 6) is 0. The van der Waals surface area contributed by atoms with Crippen LogP contribution in [-0.2, 0) is 0 Å². The third kappa shape index (κ3) is 22.4. The van der Waals surface area contributed by atoms with Crippen molar-refractivity contribution < 1.29 is 39.8 Å². The molecular formula is C9H21NaO2. The van der Waals surface area contributed by atoms with Crippen molar-refractivity contribution in [2.24, 2.45) is 0 Å². The largest absolute Gasteiger partial charge is 1.00 e. The molecule has 0 rings (SSSR count). The van der Waals surface area contributed by atoms with Crippen molar-refractivity contribution in [3.63, 3.8) is 0 Å². The van der Waals surface area contributed by atoms with Crippen LogP contribution in [0.4, 0.5) is 0 Å². The molecule has 0 spiro atoms. The number of rotatable bonds is 6. The van der Waals surface area contributed by atoms with E-state index in [1.165, 1.54) is 32.1 Å². The summed E-state index contributed by atoms with van der Waals surface area (Å²) >= 11 is 0. The molecule has 0 saturated heterocycles. The maximum absolute atomic E-state index is 8.42. The fourth-order valence-electron chi connectivity index (χ4n) is 0.892. The summed E-state index contributed by atoms with van der Waals surface area (Å²) in [6.45, 7) is 2.58. The van der Waals surface area contributed by atoms with Crippen molar-refractivity contribution in [1.29, 1.82) is 0 Å². The van der Waals surface area contributed by atoms with Crippen LogP contribution in [0.5, 0.6) is 0 Å². The maximum Gasteiger partial charge on any atom is 1.00 e. The van der Waals surface area contributed by atoms with E-state index >= 15 is 0 Å². The minimum atomic E-state index is 0. The molecule has 0 saturated carbocycles. The summed E-state index contributed by atoms with van der Waals surface area (Å²) in [6.07, 6.45) is 7.50. The summed E-state index contributed by atoms with van der Waals surface area (Å²) in [4.78, 5) is 0. The summed E-state index contributed by atoms with van der Waals surface area (Å²) in [7, 11) is 0.750. The summed E-state index contributed by atoms with van der Waals surface area (Å²) in [6, 6.07) is 0. The molecular weight excluding hydrogens is 163 g/mol. The third-order valence-electron chi connectivity index (χ3n) is 1.51. The standard InChI is InChI=1S/C8H18O.CH3O.Na/c1-2-3-4-5-6-7-8-9;1-2;/h9H,2-8H2,1H3;1H3;/q;-1;+1. The number of aliphatic hydroxyl groups is 1. The van der Waals surface area contributed by atoms with Gasteiger partial charge in [0.25, 0.3) is 0 Å². The van der Waals surface area contributed by atoms with Gasteiger partial charge in [-0.2, -0.15) is 7.11 Å². The molecule has 12 heavy (non-hydrogen) atoms. The average molecular weight is 184 g/mol. The zero-order chi connectivity index (χ0) is 8.95. The van der Waals surface area contributed by atoms with Gasteiger partial charge in [0.2, 0.25) is 0 Å². The molecule has 0 amide bonds. The molecule has 3 heteroatoms. The summed E-state index contributed by atoms with van der Waals surface area (Å²) in [5, 5.41) is 16.7. The predicted molar refractivity (Wildman–Crippen MR) is 46.4 cm³/mol. The van der Waals surface area contributed by atoms with Crippen LogP contribution in [0.2, 0.25) is 0 Å². The molecule has 70 valence electrons. The molecule has 0 heterocycles. The fraction of sp³-hybridized carbons (Fsp3) is 1.00. The van der Waals surface area contributed by atoms with E-state index in [0.717, 1.165) is 13.5 Å². The Morgan fingerprint density at radius 1 is 0.917 bits per heavy atom. The molecule has 0 aliphatic carbocycles. The van der Waals surface area contributed by atoms with E-state index in [9.17, 15) is 0 Å². The Kier molecular flexibility index (Phi) is 35.2. The quantitative estimate of drug-likeness (QED) is 0.396. The Balaban J connectivity index is -0.000000249. The van der Waals surface area contributed by atoms with Gasteiger partial charge in [-0.25, -0.2) is 0 Å². The van der Waals surface area contributed by atoms with Crippen molar-refractivity contribution >= 4 is 0 Å². The molecule has 0 unspecified atom stereocenters. The molecule has 0 aromatic heterocycles. The molecule has 0 aromatic carbocycles. The van der Waals surface area contributed by atoms with Crippen LogP contribution in [0.3, 0.4) is 0 Å². The molecule has 0 radical (unpaired) electrons. The molecule has 0 fully saturated rings. The van der Waals surface area contributed by atoms with Crippen LogP contribution in [0, 0.1) is 0 Å². The van der Waals surface area contributed by atoms with Gasteiger partial charge < -0.3 is 10.2 Å². The van der Waals surface area contributed by atoms with Gasteiger partial charge in [-0.05, 0) is 6.42 Å². The molecule has 2 nitrogen and oxygen atoms in total. The maximum atomic E-state index is 8.42. The first-order valence-corrected chi connectivity index (χ1v) is 4.43. The minimum absolute atomic E-state index is 0. The van der Waals surface area contributed by atoms with E-state index in [0.29, 0.717) is 6.61 Å². The van der Waals surface area contributed by atoms with Gasteiger partial charge in [-0.3, -0.25) is 0 Å². The van der Waals surface area contributed by atoms with Crippen molar-refractivity contribution in [3.05, 3.63) is 0 Å². The van der Waals surface area contributed by atoms with E-state index in [2.05, 4.69) is 6.92 Å². The number of hydrogen-bond acceptors (Lipinski definition) is 2. The molecule has 0 aliphatic heterocycles. The zero-order valence-corrected chi connectivity index (χ0v) is 10.8. The first-order valence-electron chi connectivity index (χ1n) is 4.43. The van der Waals surface area contributed by atoms with Crippen LogP contribution in [0.15, 0.2) is 0 Å². The number of hydrogen-bond donors (Lipinski definition) is 1. The fourth-order valence-corrected chi connectivity index (χ4v) is 0.892. The predicted octanol–water partition coefficient (Wildman–Crippen LogP) is -1.68. The summed E-state index contributed by atoms with van der Waals surface area (Å²) < 4.78 is 0. The van der Waals surface area contributed by atoms with Crippen LogP contribution in [0.1, 0.15) is 45.4 Å². The minimum Gasteiger partial charge on any atom is -0.857 e. The van der Waals surface area contributed by atoms with E-state index in [1.807, 2.05) is 0 Å². The van der Waals surface area contributed by atoms with E-state index in [-0.39, 0.29) is 29.6 Å². The second kappa shape index (κ2) is 22.7. The Labute approximate surface area is 98.7 Å². The van der Waals surface area contributed by atoms with Crippen LogP contribution in [0.25, 0.3) is 0 Å². The van der Waals surface area contributed by atoms with E-state index < -0.39 is 0 Å². The van der Waals surface area contributed by atoms with Gasteiger partial charge in [0.1, 0.15) is 0 Å². The molecule has 0 atom stereocenters. The van der Waals surface area contributed by atoms with Crippen molar-refractivity contribution in [2.45, 2.75) is 45.4 Å². The van der Waals surface area contributed by atoms with Gasteiger partial charge in [0.15, 0.2) is 0 Å². The first-order chi connectivity index (χ1) is 5.41. The Morgan fingerprint density at radius 3 is 1.75 bits per heavy atom. The SMILES string of the molecule is CCCCCCCCO.C[O-].[Na+]. The number of unbranched alkanes of at least 4 members (excludes halogenated alkanes) is 5. The van der Waals surface area contributed by atoms with Crippen LogP contribution in [-0.4, -0.2) is 18.8 Å². The molecule has 0 aliphatic rings. The van der Waals surface area contributed by atoms with Crippen molar-refractivity contribution in [2.75, 3.05) is 13.7 Å². The van der Waals surface area contributed by atoms with Crippen LogP contribution >= 0.6 is 0 Å². The zero-order valence-electron chi connectivity index (χ0n) is 8.81. The number of aliphatic hydroxyl groups excluding tert-OH is 1. The second-order valence-electron chi connectivity index (χ2n) is 2.49. The second-order valence-corrected chi connectivity index (χ2v) is 2.49. The van der Waals surface area contributed by atoms with Crippen LogP contribution < -0.4 is 34.7 Å². The third-order valence-corrected chi connectivity index (χ3v) is 1.51. The van der Waals surface area contributed by atoms with E-state index in [4.69, 9.17) is 10.2 Å². The molecule has 0 aromatic rings. The monoisotopic (exact) mass is 184 g/mol. The Bertz CT molecular complexity index is 45.8. The average Bonchev–Trinajstić information content (AvgIpc) is 2.08. The molecule has 1 N–H and O–H groups in total. The van der Waals surface area contributed by atoms with Gasteiger partial charge >= 0.3 is 29.6 Å². The normalized spacial score (nSPS) is 8.00. The van der Waals surface area contributed by atoms with Gasteiger partial charge in [-0.15, -0.1) is 0 Å². The van der Waals surface area contributed by atoms with Gasteiger partial charge in [0.05, 0.1) is 0 Å². The smallest absolute Gasteiger partial charge is 0.857 e. The molecule has 0 bridgehead atoms. The van der Waals surface area contributed by atoms with Gasteiger partial charge in [-0.1, -0.05) is 39.0 Å². The van der Waals surface area contributed by atoms with Gasteiger partial charge in [0, 0.05) is 6.61 Å². The van der Waals surface area contributed by atoms with E-state index in [1.54, 1.807) is 0 Å². The van der Waals surface area contributed by atoms with Crippen molar-refractivity contribution in [1.82, 2.24) is 0 Å². The first kappa shape index (κ1) is 18.7. The Morgan fingerprint density at radius 2 is 1.33 bits per heavy atom.